The van der Waals surface area contributed by atoms with Gasteiger partial charge in [0.2, 0.25) is 0 Å². The van der Waals surface area contributed by atoms with Crippen molar-refractivity contribution in [2.45, 2.75) is 19.4 Å². The van der Waals surface area contributed by atoms with Gasteiger partial charge >= 0.3 is 11.8 Å². The highest BCUT2D eigenvalue weighted by atomic mass is 35.5. The Morgan fingerprint density at radius 3 is 2.84 bits per heavy atom. The number of likely N-dealkylation sites (tertiary alicyclic amines) is 1. The monoisotopic (exact) mass is 282 g/mol. The lowest BCUT2D eigenvalue weighted by atomic mass is 10.2. The van der Waals surface area contributed by atoms with Crippen LogP contribution in [-0.4, -0.2) is 41.0 Å². The molecular formula is C13H15ClN2O3. The molecule has 19 heavy (non-hydrogen) atoms. The normalized spacial score (nSPS) is 18.5. The molecule has 102 valence electrons. The van der Waals surface area contributed by atoms with E-state index in [4.69, 9.17) is 11.6 Å². The third-order valence-corrected chi connectivity index (χ3v) is 3.59. The molecule has 0 spiro atoms. The smallest absolute Gasteiger partial charge is 0.313 e. The average molecular weight is 283 g/mol. The van der Waals surface area contributed by atoms with Crippen LogP contribution in [0.25, 0.3) is 0 Å². The second-order valence-electron chi connectivity index (χ2n) is 4.58. The number of amides is 2. The Balaban J connectivity index is 2.05. The fourth-order valence-electron chi connectivity index (χ4n) is 1.99. The summed E-state index contributed by atoms with van der Waals surface area (Å²) in [6.45, 7) is 2.42. The molecule has 0 aromatic heterocycles. The van der Waals surface area contributed by atoms with Gasteiger partial charge in [-0.25, -0.2) is 0 Å². The van der Waals surface area contributed by atoms with Gasteiger partial charge in [0.25, 0.3) is 0 Å². The molecule has 1 aliphatic heterocycles. The molecule has 5 nitrogen and oxygen atoms in total. The first-order valence-corrected chi connectivity index (χ1v) is 6.40. The minimum absolute atomic E-state index is 0.202. The number of aryl methyl sites for hydroxylation is 1. The fourth-order valence-corrected chi connectivity index (χ4v) is 2.16. The number of aliphatic hydroxyl groups excluding tert-OH is 1. The van der Waals surface area contributed by atoms with Crippen LogP contribution in [0.1, 0.15) is 12.0 Å². The van der Waals surface area contributed by atoms with Crippen LogP contribution in [-0.2, 0) is 9.59 Å². The van der Waals surface area contributed by atoms with Crippen molar-refractivity contribution in [1.29, 1.82) is 0 Å². The Labute approximate surface area is 116 Å². The molecule has 2 amide bonds. The molecule has 1 saturated heterocycles. The summed E-state index contributed by atoms with van der Waals surface area (Å²) in [7, 11) is 0. The van der Waals surface area contributed by atoms with Gasteiger partial charge in [0.15, 0.2) is 0 Å². The highest BCUT2D eigenvalue weighted by Crippen LogP contribution is 2.25. The molecule has 1 fully saturated rings. The van der Waals surface area contributed by atoms with E-state index in [-0.39, 0.29) is 6.54 Å². The van der Waals surface area contributed by atoms with Gasteiger partial charge in [0.05, 0.1) is 16.8 Å². The first kappa shape index (κ1) is 13.8. The number of rotatable bonds is 1. The van der Waals surface area contributed by atoms with E-state index in [9.17, 15) is 14.7 Å². The summed E-state index contributed by atoms with van der Waals surface area (Å²) in [5.74, 6) is -1.38. The number of nitrogens with one attached hydrogen (secondary N) is 1. The van der Waals surface area contributed by atoms with Crippen LogP contribution in [0.15, 0.2) is 18.2 Å². The molecule has 0 saturated carbocycles. The third-order valence-electron chi connectivity index (χ3n) is 3.08. The zero-order chi connectivity index (χ0) is 14.0. The zero-order valence-corrected chi connectivity index (χ0v) is 11.3. The zero-order valence-electron chi connectivity index (χ0n) is 10.5. The Hall–Kier alpha value is -1.59. The quantitative estimate of drug-likeness (QED) is 0.760. The lowest BCUT2D eigenvalue weighted by Gasteiger charge is -2.15. The van der Waals surface area contributed by atoms with Gasteiger partial charge in [-0.15, -0.1) is 0 Å². The SMILES string of the molecule is Cc1cccc(NC(=O)C(=O)N2CC[C@@H](O)C2)c1Cl. The lowest BCUT2D eigenvalue weighted by Crippen LogP contribution is -2.38. The third kappa shape index (κ3) is 3.05. The van der Waals surface area contributed by atoms with Crippen molar-refractivity contribution in [2.75, 3.05) is 18.4 Å². The second kappa shape index (κ2) is 5.59. The van der Waals surface area contributed by atoms with Gasteiger partial charge in [-0.3, -0.25) is 9.59 Å². The molecule has 1 aromatic rings. The summed E-state index contributed by atoms with van der Waals surface area (Å²) in [6.07, 6.45) is -0.0381. The summed E-state index contributed by atoms with van der Waals surface area (Å²) < 4.78 is 0. The van der Waals surface area contributed by atoms with E-state index in [0.29, 0.717) is 23.7 Å². The van der Waals surface area contributed by atoms with Gasteiger partial charge in [0, 0.05) is 13.1 Å². The number of anilines is 1. The summed E-state index contributed by atoms with van der Waals surface area (Å²) >= 11 is 6.05. The molecule has 2 rings (SSSR count). The van der Waals surface area contributed by atoms with Crippen molar-refractivity contribution in [3.05, 3.63) is 28.8 Å². The second-order valence-corrected chi connectivity index (χ2v) is 4.96. The van der Waals surface area contributed by atoms with Crippen LogP contribution < -0.4 is 5.32 Å². The minimum Gasteiger partial charge on any atom is -0.391 e. The number of hydrogen-bond donors (Lipinski definition) is 2. The van der Waals surface area contributed by atoms with E-state index < -0.39 is 17.9 Å². The Bertz CT molecular complexity index is 519. The van der Waals surface area contributed by atoms with Crippen molar-refractivity contribution in [3.63, 3.8) is 0 Å². The molecule has 0 unspecified atom stereocenters. The van der Waals surface area contributed by atoms with Crippen molar-refractivity contribution < 1.29 is 14.7 Å². The van der Waals surface area contributed by atoms with Crippen LogP contribution in [0, 0.1) is 6.92 Å². The predicted octanol–water partition coefficient (Wildman–Crippen LogP) is 1.18. The average Bonchev–Trinajstić information content (AvgIpc) is 2.80. The first-order valence-electron chi connectivity index (χ1n) is 6.02. The highest BCUT2D eigenvalue weighted by molar-refractivity contribution is 6.41. The molecule has 1 aromatic carbocycles. The van der Waals surface area contributed by atoms with Crippen LogP contribution in [0.5, 0.6) is 0 Å². The fraction of sp³-hybridized carbons (Fsp3) is 0.385. The molecule has 1 heterocycles. The van der Waals surface area contributed by atoms with Gasteiger partial charge in [-0.1, -0.05) is 23.7 Å². The van der Waals surface area contributed by atoms with Crippen LogP contribution in [0.4, 0.5) is 5.69 Å². The molecule has 1 atom stereocenters. The predicted molar refractivity (Wildman–Crippen MR) is 72.0 cm³/mol. The number of carbonyl (C=O) groups is 2. The van der Waals surface area contributed by atoms with E-state index in [2.05, 4.69) is 5.32 Å². The van der Waals surface area contributed by atoms with E-state index in [1.54, 1.807) is 12.1 Å². The maximum absolute atomic E-state index is 11.9. The Morgan fingerprint density at radius 1 is 1.47 bits per heavy atom. The lowest BCUT2D eigenvalue weighted by molar-refractivity contribution is -0.142. The van der Waals surface area contributed by atoms with E-state index in [1.807, 2.05) is 13.0 Å². The maximum Gasteiger partial charge on any atom is 0.313 e. The maximum atomic E-state index is 11.9. The van der Waals surface area contributed by atoms with Crippen LogP contribution in [0.2, 0.25) is 5.02 Å². The van der Waals surface area contributed by atoms with E-state index in [0.717, 1.165) is 5.56 Å². The first-order chi connectivity index (χ1) is 8.99. The van der Waals surface area contributed by atoms with Crippen molar-refractivity contribution in [2.24, 2.45) is 0 Å². The number of aliphatic hydroxyl groups is 1. The van der Waals surface area contributed by atoms with Crippen LogP contribution in [0.3, 0.4) is 0 Å². The number of hydrogen-bond acceptors (Lipinski definition) is 3. The van der Waals surface area contributed by atoms with Gasteiger partial charge in [0.1, 0.15) is 0 Å². The van der Waals surface area contributed by atoms with Gasteiger partial charge in [-0.2, -0.15) is 0 Å². The van der Waals surface area contributed by atoms with E-state index in [1.165, 1.54) is 4.90 Å². The Kier molecular flexibility index (Phi) is 4.07. The number of benzene rings is 1. The van der Waals surface area contributed by atoms with Crippen molar-refractivity contribution in [1.82, 2.24) is 4.90 Å². The molecule has 0 aliphatic carbocycles. The summed E-state index contributed by atoms with van der Waals surface area (Å²) in [5, 5.41) is 12.3. The number of nitrogens with zero attached hydrogens (tertiary/aromatic N) is 1. The molecular weight excluding hydrogens is 268 g/mol. The van der Waals surface area contributed by atoms with E-state index >= 15 is 0 Å². The molecule has 0 radical (unpaired) electrons. The van der Waals surface area contributed by atoms with Crippen molar-refractivity contribution >= 4 is 29.1 Å². The summed E-state index contributed by atoms with van der Waals surface area (Å²) in [6, 6.07) is 5.21. The minimum atomic E-state index is -0.735. The highest BCUT2D eigenvalue weighted by Gasteiger charge is 2.29. The number of carbonyl (C=O) groups excluding carboxylic acids is 2. The summed E-state index contributed by atoms with van der Waals surface area (Å²) in [5.41, 5.74) is 1.24. The number of halogens is 1. The van der Waals surface area contributed by atoms with Crippen LogP contribution >= 0.6 is 11.6 Å². The van der Waals surface area contributed by atoms with Crippen molar-refractivity contribution in [3.8, 4) is 0 Å². The Morgan fingerprint density at radius 2 is 2.21 bits per heavy atom. The molecule has 6 heteroatoms. The standard InChI is InChI=1S/C13H15ClN2O3/c1-8-3-2-4-10(11(8)14)15-12(18)13(19)16-6-5-9(17)7-16/h2-4,9,17H,5-7H2,1H3,(H,15,18)/t9-/m1/s1. The largest absolute Gasteiger partial charge is 0.391 e. The molecule has 1 aliphatic rings. The number of β-amino-alcohol motifs (C(OH)–C–C–N with tert-alkyl or cyclic N) is 1. The molecule has 0 bridgehead atoms. The summed E-state index contributed by atoms with van der Waals surface area (Å²) in [4.78, 5) is 25.0. The topological polar surface area (TPSA) is 69.6 Å². The van der Waals surface area contributed by atoms with Gasteiger partial charge in [-0.05, 0) is 25.0 Å². The van der Waals surface area contributed by atoms with Gasteiger partial charge < -0.3 is 15.3 Å². The molecule has 2 N–H and O–H groups in total.